The van der Waals surface area contributed by atoms with Gasteiger partial charge >= 0.3 is 0 Å². The third-order valence-electron chi connectivity index (χ3n) is 2.52. The third kappa shape index (κ3) is 5.21. The molecule has 1 amide bonds. The lowest BCUT2D eigenvalue weighted by Crippen LogP contribution is -2.46. The summed E-state index contributed by atoms with van der Waals surface area (Å²) in [6, 6.07) is -0.00119. The van der Waals surface area contributed by atoms with Gasteiger partial charge in [-0.2, -0.15) is 0 Å². The van der Waals surface area contributed by atoms with Crippen molar-refractivity contribution in [3.8, 4) is 0 Å². The van der Waals surface area contributed by atoms with E-state index < -0.39 is 0 Å². The van der Waals surface area contributed by atoms with E-state index in [-0.39, 0.29) is 36.8 Å². The van der Waals surface area contributed by atoms with E-state index in [1.807, 2.05) is 5.38 Å². The Morgan fingerprint density at radius 2 is 2.35 bits per heavy atom. The van der Waals surface area contributed by atoms with E-state index in [1.165, 1.54) is 6.42 Å². The molecule has 0 aromatic carbocycles. The van der Waals surface area contributed by atoms with E-state index >= 15 is 0 Å². The lowest BCUT2D eigenvalue weighted by Gasteiger charge is -2.22. The number of amides is 1. The predicted molar refractivity (Wildman–Crippen MR) is 74.1 cm³/mol. The van der Waals surface area contributed by atoms with E-state index in [2.05, 4.69) is 15.6 Å². The second-order valence-corrected chi connectivity index (χ2v) is 4.63. The Bertz CT molecular complexity index is 315. The van der Waals surface area contributed by atoms with E-state index in [9.17, 15) is 4.79 Å². The van der Waals surface area contributed by atoms with Gasteiger partial charge in [0.15, 0.2) is 0 Å². The van der Waals surface area contributed by atoms with Crippen LogP contribution in [0.1, 0.15) is 24.3 Å². The van der Waals surface area contributed by atoms with Gasteiger partial charge in [0.1, 0.15) is 5.01 Å². The molecular formula is C10H17Cl2N3OS. The number of rotatable bonds is 3. The summed E-state index contributed by atoms with van der Waals surface area (Å²) in [7, 11) is 0. The Morgan fingerprint density at radius 1 is 1.53 bits per heavy atom. The Labute approximate surface area is 117 Å². The normalized spacial score (nSPS) is 18.7. The lowest BCUT2D eigenvalue weighted by atomic mass is 10.0. The first kappa shape index (κ1) is 16.6. The van der Waals surface area contributed by atoms with E-state index in [1.54, 1.807) is 17.5 Å². The SMILES string of the molecule is Cl.Cl.O=C(NCc1nccs1)[C@H]1CCCCN1. The van der Waals surface area contributed by atoms with Crippen LogP contribution in [-0.4, -0.2) is 23.5 Å². The molecule has 1 aromatic rings. The van der Waals surface area contributed by atoms with Gasteiger partial charge in [0, 0.05) is 11.6 Å². The number of aromatic nitrogens is 1. The van der Waals surface area contributed by atoms with E-state index in [0.29, 0.717) is 6.54 Å². The molecule has 98 valence electrons. The monoisotopic (exact) mass is 297 g/mol. The second-order valence-electron chi connectivity index (χ2n) is 3.65. The van der Waals surface area contributed by atoms with Crippen molar-refractivity contribution >= 4 is 42.1 Å². The van der Waals surface area contributed by atoms with Gasteiger partial charge in [-0.15, -0.1) is 36.2 Å². The van der Waals surface area contributed by atoms with Crippen LogP contribution in [0.5, 0.6) is 0 Å². The number of thiazole rings is 1. The highest BCUT2D eigenvalue weighted by Gasteiger charge is 2.19. The minimum absolute atomic E-state index is 0. The Morgan fingerprint density at radius 3 is 2.94 bits per heavy atom. The third-order valence-corrected chi connectivity index (χ3v) is 3.30. The van der Waals surface area contributed by atoms with Gasteiger partial charge < -0.3 is 10.6 Å². The molecule has 0 aliphatic carbocycles. The molecule has 1 aliphatic heterocycles. The van der Waals surface area contributed by atoms with Crippen LogP contribution in [0.2, 0.25) is 0 Å². The highest BCUT2D eigenvalue weighted by atomic mass is 35.5. The van der Waals surface area contributed by atoms with Crippen LogP contribution in [-0.2, 0) is 11.3 Å². The maximum Gasteiger partial charge on any atom is 0.237 e. The largest absolute Gasteiger partial charge is 0.348 e. The predicted octanol–water partition coefficient (Wildman–Crippen LogP) is 1.75. The van der Waals surface area contributed by atoms with Crippen LogP contribution in [0.15, 0.2) is 11.6 Å². The molecule has 2 rings (SSSR count). The maximum absolute atomic E-state index is 11.7. The van der Waals surface area contributed by atoms with Crippen LogP contribution in [0, 0.1) is 0 Å². The number of nitrogens with one attached hydrogen (secondary N) is 2. The second kappa shape index (κ2) is 8.69. The van der Waals surface area contributed by atoms with Crippen LogP contribution in [0.4, 0.5) is 0 Å². The number of halogens is 2. The molecule has 17 heavy (non-hydrogen) atoms. The molecule has 4 nitrogen and oxygen atoms in total. The molecule has 0 radical (unpaired) electrons. The number of hydrogen-bond donors (Lipinski definition) is 2. The van der Waals surface area contributed by atoms with Crippen molar-refractivity contribution in [1.29, 1.82) is 0 Å². The Kier molecular flexibility index (Phi) is 8.51. The standard InChI is InChI=1S/C10H15N3OS.2ClH/c14-10(8-3-1-2-4-11-8)13-7-9-12-5-6-15-9;;/h5-6,8,11H,1-4,7H2,(H,13,14);2*1H/t8-;;/m1../s1. The van der Waals surface area contributed by atoms with E-state index in [4.69, 9.17) is 0 Å². The summed E-state index contributed by atoms with van der Waals surface area (Å²) in [5.74, 6) is 0.102. The summed E-state index contributed by atoms with van der Waals surface area (Å²) in [6.45, 7) is 1.50. The summed E-state index contributed by atoms with van der Waals surface area (Å²) in [6.07, 6.45) is 5.02. The molecule has 1 aliphatic rings. The van der Waals surface area contributed by atoms with Crippen molar-refractivity contribution < 1.29 is 4.79 Å². The van der Waals surface area contributed by atoms with Gasteiger partial charge in [0.05, 0.1) is 12.6 Å². The number of nitrogens with zero attached hydrogens (tertiary/aromatic N) is 1. The summed E-state index contributed by atoms with van der Waals surface area (Å²) in [4.78, 5) is 15.8. The molecule has 1 saturated heterocycles. The van der Waals surface area contributed by atoms with Gasteiger partial charge in [-0.05, 0) is 19.4 Å². The average Bonchev–Trinajstić information content (AvgIpc) is 2.80. The summed E-state index contributed by atoms with van der Waals surface area (Å²) in [5.41, 5.74) is 0. The van der Waals surface area contributed by atoms with Crippen molar-refractivity contribution in [1.82, 2.24) is 15.6 Å². The van der Waals surface area contributed by atoms with Crippen LogP contribution >= 0.6 is 36.2 Å². The van der Waals surface area contributed by atoms with Gasteiger partial charge in [-0.1, -0.05) is 6.42 Å². The van der Waals surface area contributed by atoms with Crippen LogP contribution in [0.3, 0.4) is 0 Å². The Balaban J connectivity index is 0.00000128. The first-order valence-corrected chi connectivity index (χ1v) is 6.14. The topological polar surface area (TPSA) is 54.0 Å². The Hall–Kier alpha value is -0.360. The molecule has 2 heterocycles. The molecule has 0 spiro atoms. The zero-order valence-corrected chi connectivity index (χ0v) is 11.8. The number of carbonyl (C=O) groups is 1. The molecule has 1 fully saturated rings. The van der Waals surface area contributed by atoms with Crippen molar-refractivity contribution in [3.05, 3.63) is 16.6 Å². The zero-order valence-electron chi connectivity index (χ0n) is 9.35. The molecule has 7 heteroatoms. The van der Waals surface area contributed by atoms with Gasteiger partial charge in [-0.3, -0.25) is 4.79 Å². The molecule has 1 atom stereocenters. The molecule has 1 aromatic heterocycles. The summed E-state index contributed by atoms with van der Waals surface area (Å²) in [5, 5.41) is 9.00. The number of hydrogen-bond acceptors (Lipinski definition) is 4. The van der Waals surface area contributed by atoms with Crippen molar-refractivity contribution in [2.24, 2.45) is 0 Å². The highest BCUT2D eigenvalue weighted by molar-refractivity contribution is 7.09. The summed E-state index contributed by atoms with van der Waals surface area (Å²) < 4.78 is 0. The first-order valence-electron chi connectivity index (χ1n) is 5.26. The first-order chi connectivity index (χ1) is 7.36. The van der Waals surface area contributed by atoms with Crippen molar-refractivity contribution in [2.75, 3.05) is 6.54 Å². The maximum atomic E-state index is 11.7. The fraction of sp³-hybridized carbons (Fsp3) is 0.600. The minimum Gasteiger partial charge on any atom is -0.348 e. The zero-order chi connectivity index (χ0) is 10.5. The van der Waals surface area contributed by atoms with Gasteiger partial charge in [0.2, 0.25) is 5.91 Å². The molecule has 2 N–H and O–H groups in total. The van der Waals surface area contributed by atoms with Crippen LogP contribution < -0.4 is 10.6 Å². The molecule has 0 saturated carbocycles. The highest BCUT2D eigenvalue weighted by Crippen LogP contribution is 2.08. The number of piperidine rings is 1. The molecule has 0 unspecified atom stereocenters. The minimum atomic E-state index is -0.00119. The molecular weight excluding hydrogens is 281 g/mol. The summed E-state index contributed by atoms with van der Waals surface area (Å²) >= 11 is 1.57. The quantitative estimate of drug-likeness (QED) is 0.894. The number of carbonyl (C=O) groups excluding carboxylic acids is 1. The van der Waals surface area contributed by atoms with Gasteiger partial charge in [0.25, 0.3) is 0 Å². The smallest absolute Gasteiger partial charge is 0.237 e. The molecule has 0 bridgehead atoms. The fourth-order valence-electron chi connectivity index (χ4n) is 1.70. The lowest BCUT2D eigenvalue weighted by molar-refractivity contribution is -0.123. The van der Waals surface area contributed by atoms with Crippen molar-refractivity contribution in [3.63, 3.8) is 0 Å². The van der Waals surface area contributed by atoms with Gasteiger partial charge in [-0.25, -0.2) is 4.98 Å². The van der Waals surface area contributed by atoms with E-state index in [0.717, 1.165) is 24.4 Å². The van der Waals surface area contributed by atoms with Crippen molar-refractivity contribution in [2.45, 2.75) is 31.8 Å². The fourth-order valence-corrected chi connectivity index (χ4v) is 2.26. The van der Waals surface area contributed by atoms with Crippen LogP contribution in [0.25, 0.3) is 0 Å². The average molecular weight is 298 g/mol.